The largest absolute Gasteiger partial charge is 0.549 e. The highest BCUT2D eigenvalue weighted by Crippen LogP contribution is 2.33. The lowest BCUT2D eigenvalue weighted by Crippen LogP contribution is -2.24. The van der Waals surface area contributed by atoms with Crippen molar-refractivity contribution in [1.82, 2.24) is 14.9 Å². The summed E-state index contributed by atoms with van der Waals surface area (Å²) in [6, 6.07) is 6.87. The molecule has 132 valence electrons. The highest BCUT2D eigenvalue weighted by Gasteiger charge is 2.23. The van der Waals surface area contributed by atoms with Crippen molar-refractivity contribution in [2.24, 2.45) is 5.10 Å². The second-order valence-electron chi connectivity index (χ2n) is 5.95. The molecule has 0 aliphatic heterocycles. The molecule has 1 fully saturated rings. The number of hydrogen-bond acceptors (Lipinski definition) is 7. The lowest BCUT2D eigenvalue weighted by molar-refractivity contribution is -0.301. The molecule has 1 heterocycles. The number of carboxylic acid groups (broad SMARTS) is 1. The van der Waals surface area contributed by atoms with Gasteiger partial charge in [0.2, 0.25) is 5.16 Å². The summed E-state index contributed by atoms with van der Waals surface area (Å²) in [4.78, 5) is 10.8. The summed E-state index contributed by atoms with van der Waals surface area (Å²) in [7, 11) is 0. The van der Waals surface area contributed by atoms with Crippen molar-refractivity contribution in [3.05, 3.63) is 35.7 Å². The van der Waals surface area contributed by atoms with Crippen molar-refractivity contribution < 1.29 is 15.0 Å². The summed E-state index contributed by atoms with van der Waals surface area (Å²) in [6.07, 6.45) is 7.08. The molecule has 1 saturated carbocycles. The van der Waals surface area contributed by atoms with Crippen LogP contribution in [0.1, 0.15) is 49.4 Å². The Hall–Kier alpha value is -2.35. The third kappa shape index (κ3) is 4.39. The van der Waals surface area contributed by atoms with Gasteiger partial charge >= 0.3 is 0 Å². The van der Waals surface area contributed by atoms with Gasteiger partial charge < -0.3 is 15.0 Å². The molecule has 0 radical (unpaired) electrons. The van der Waals surface area contributed by atoms with Crippen molar-refractivity contribution in [2.45, 2.75) is 43.2 Å². The summed E-state index contributed by atoms with van der Waals surface area (Å²) >= 11 is 1.03. The quantitative estimate of drug-likeness (QED) is 0.622. The molecule has 1 aliphatic carbocycles. The zero-order valence-corrected chi connectivity index (χ0v) is 14.5. The van der Waals surface area contributed by atoms with Gasteiger partial charge in [0, 0.05) is 17.2 Å². The molecule has 0 amide bonds. The number of aromatic nitrogens is 3. The number of aromatic hydroxyl groups is 1. The van der Waals surface area contributed by atoms with Gasteiger partial charge in [-0.15, -0.1) is 10.2 Å². The number of nitrogens with zero attached hydrogens (tertiary/aromatic N) is 4. The average Bonchev–Trinajstić information content (AvgIpc) is 3.03. The maximum absolute atomic E-state index is 10.8. The van der Waals surface area contributed by atoms with E-state index in [0.717, 1.165) is 43.3 Å². The summed E-state index contributed by atoms with van der Waals surface area (Å²) in [5.41, 5.74) is 0.571. The number of phenols is 1. The first kappa shape index (κ1) is 17.5. The first-order valence-electron chi connectivity index (χ1n) is 8.25. The number of carboxylic acids is 1. The highest BCUT2D eigenvalue weighted by atomic mass is 32.2. The number of carbonyl (C=O) groups is 1. The predicted octanol–water partition coefficient (Wildman–Crippen LogP) is 1.76. The van der Waals surface area contributed by atoms with Gasteiger partial charge in [-0.25, -0.2) is 0 Å². The van der Waals surface area contributed by atoms with Crippen molar-refractivity contribution in [3.63, 3.8) is 0 Å². The Morgan fingerprint density at radius 1 is 1.32 bits per heavy atom. The van der Waals surface area contributed by atoms with Crippen LogP contribution in [0.25, 0.3) is 0 Å². The van der Waals surface area contributed by atoms with Crippen LogP contribution in [0.5, 0.6) is 5.75 Å². The SMILES string of the molecule is O=C([O-])CSc1nnc(C2CCCCC2)n1/N=C/c1ccccc1O. The van der Waals surface area contributed by atoms with Gasteiger partial charge in [0.15, 0.2) is 5.82 Å². The van der Waals surface area contributed by atoms with E-state index in [0.29, 0.717) is 10.7 Å². The van der Waals surface area contributed by atoms with E-state index in [4.69, 9.17) is 0 Å². The summed E-state index contributed by atoms with van der Waals surface area (Å²) in [5.74, 6) is -0.243. The maximum Gasteiger partial charge on any atom is 0.212 e. The van der Waals surface area contributed by atoms with E-state index in [9.17, 15) is 15.0 Å². The molecule has 0 spiro atoms. The molecule has 1 N–H and O–H groups in total. The normalized spacial score (nSPS) is 15.7. The first-order valence-corrected chi connectivity index (χ1v) is 9.24. The first-order chi connectivity index (χ1) is 12.1. The Bertz CT molecular complexity index is 769. The van der Waals surface area contributed by atoms with Gasteiger partial charge in [0.05, 0.1) is 12.2 Å². The molecular formula is C17H19N4O3S-. The van der Waals surface area contributed by atoms with Crippen molar-refractivity contribution in [3.8, 4) is 5.75 Å². The zero-order valence-electron chi connectivity index (χ0n) is 13.7. The molecule has 7 nitrogen and oxygen atoms in total. The van der Waals surface area contributed by atoms with Gasteiger partial charge in [-0.05, 0) is 25.0 Å². The van der Waals surface area contributed by atoms with Crippen LogP contribution < -0.4 is 5.11 Å². The Balaban J connectivity index is 1.91. The molecular weight excluding hydrogens is 340 g/mol. The number of benzene rings is 1. The Kier molecular flexibility index (Phi) is 5.70. The van der Waals surface area contributed by atoms with Gasteiger partial charge in [-0.3, -0.25) is 0 Å². The topological polar surface area (TPSA) is 103 Å². The minimum Gasteiger partial charge on any atom is -0.549 e. The maximum atomic E-state index is 10.8. The molecule has 1 aliphatic rings. The fourth-order valence-electron chi connectivity index (χ4n) is 2.93. The van der Waals surface area contributed by atoms with Crippen LogP contribution in [0.3, 0.4) is 0 Å². The van der Waals surface area contributed by atoms with Crippen LogP contribution >= 0.6 is 11.8 Å². The molecule has 0 atom stereocenters. The summed E-state index contributed by atoms with van der Waals surface area (Å²) in [5, 5.41) is 33.8. The lowest BCUT2D eigenvalue weighted by atomic mass is 9.89. The second kappa shape index (κ2) is 8.15. The molecule has 0 unspecified atom stereocenters. The summed E-state index contributed by atoms with van der Waals surface area (Å²) < 4.78 is 1.59. The van der Waals surface area contributed by atoms with E-state index < -0.39 is 5.97 Å². The Morgan fingerprint density at radius 3 is 2.80 bits per heavy atom. The highest BCUT2D eigenvalue weighted by molar-refractivity contribution is 7.99. The van der Waals surface area contributed by atoms with Crippen LogP contribution in [-0.2, 0) is 4.79 Å². The van der Waals surface area contributed by atoms with Crippen LogP contribution in [0.15, 0.2) is 34.5 Å². The van der Waals surface area contributed by atoms with Crippen LogP contribution in [0, 0.1) is 0 Å². The number of aliphatic carboxylic acids is 1. The van der Waals surface area contributed by atoms with E-state index in [1.807, 2.05) is 0 Å². The van der Waals surface area contributed by atoms with E-state index in [-0.39, 0.29) is 17.4 Å². The third-order valence-corrected chi connectivity index (χ3v) is 5.07. The van der Waals surface area contributed by atoms with Crippen molar-refractivity contribution in [2.75, 3.05) is 5.75 Å². The van der Waals surface area contributed by atoms with Crippen LogP contribution in [0.2, 0.25) is 0 Å². The molecule has 1 aromatic heterocycles. The van der Waals surface area contributed by atoms with E-state index in [1.165, 1.54) is 12.6 Å². The molecule has 25 heavy (non-hydrogen) atoms. The molecule has 2 aromatic rings. The predicted molar refractivity (Wildman–Crippen MR) is 92.7 cm³/mol. The number of phenolic OH excluding ortho intramolecular Hbond substituents is 1. The van der Waals surface area contributed by atoms with Crippen molar-refractivity contribution >= 4 is 23.9 Å². The average molecular weight is 359 g/mol. The molecule has 0 saturated heterocycles. The van der Waals surface area contributed by atoms with Gasteiger partial charge in [-0.2, -0.15) is 9.78 Å². The number of thioether (sulfide) groups is 1. The second-order valence-corrected chi connectivity index (χ2v) is 6.89. The number of hydrogen-bond donors (Lipinski definition) is 1. The van der Waals surface area contributed by atoms with Crippen LogP contribution in [-0.4, -0.2) is 37.9 Å². The number of rotatable bonds is 6. The minimum absolute atomic E-state index is 0.127. The molecule has 8 heteroatoms. The fourth-order valence-corrected chi connectivity index (χ4v) is 3.54. The molecule has 0 bridgehead atoms. The Morgan fingerprint density at radius 2 is 2.08 bits per heavy atom. The lowest BCUT2D eigenvalue weighted by Gasteiger charge is -2.20. The van der Waals surface area contributed by atoms with Crippen molar-refractivity contribution in [1.29, 1.82) is 0 Å². The van der Waals surface area contributed by atoms with Gasteiger partial charge in [-0.1, -0.05) is 43.2 Å². The van der Waals surface area contributed by atoms with E-state index >= 15 is 0 Å². The number of carbonyl (C=O) groups excluding carboxylic acids is 1. The van der Waals surface area contributed by atoms with E-state index in [1.54, 1.807) is 28.9 Å². The standard InChI is InChI=1S/C17H20N4O3S/c22-14-9-5-4-8-13(14)10-18-21-16(12-6-2-1-3-7-12)19-20-17(21)25-11-15(23)24/h4-5,8-10,12,22H,1-3,6-7,11H2,(H,23,24)/p-1/b18-10+. The monoisotopic (exact) mass is 359 g/mol. The van der Waals surface area contributed by atoms with Crippen LogP contribution in [0.4, 0.5) is 0 Å². The molecule has 3 rings (SSSR count). The minimum atomic E-state index is -1.16. The van der Waals surface area contributed by atoms with Gasteiger partial charge in [0.1, 0.15) is 5.75 Å². The third-order valence-electron chi connectivity index (χ3n) is 4.17. The van der Waals surface area contributed by atoms with Gasteiger partial charge in [0.25, 0.3) is 0 Å². The smallest absolute Gasteiger partial charge is 0.212 e. The van der Waals surface area contributed by atoms with E-state index in [2.05, 4.69) is 15.3 Å². The zero-order chi connectivity index (χ0) is 17.6. The molecule has 1 aromatic carbocycles. The fraction of sp³-hybridized carbons (Fsp3) is 0.412. The number of para-hydroxylation sites is 1. The summed E-state index contributed by atoms with van der Waals surface area (Å²) in [6.45, 7) is 0. The Labute approximate surface area is 149 Å².